The van der Waals surface area contributed by atoms with Gasteiger partial charge in [-0.3, -0.25) is 4.79 Å². The van der Waals surface area contributed by atoms with Crippen LogP contribution in [0.15, 0.2) is 11.1 Å². The van der Waals surface area contributed by atoms with Gasteiger partial charge in [-0.15, -0.1) is 0 Å². The van der Waals surface area contributed by atoms with Gasteiger partial charge in [0.05, 0.1) is 13.2 Å². The number of fused-ring (bicyclic) bond motifs is 3. The zero-order valence-electron chi connectivity index (χ0n) is 20.8. The summed E-state index contributed by atoms with van der Waals surface area (Å²) in [6.45, 7) is 21.8. The van der Waals surface area contributed by atoms with Crippen LogP contribution in [0.4, 0.5) is 0 Å². The first-order valence-corrected chi connectivity index (χ1v) is 14.2. The molecule has 3 aliphatic rings. The van der Waals surface area contributed by atoms with Crippen LogP contribution in [0.5, 0.6) is 0 Å². The highest BCUT2D eigenvalue weighted by Crippen LogP contribution is 2.56. The molecule has 172 valence electrons. The zero-order valence-corrected chi connectivity index (χ0v) is 21.8. The van der Waals surface area contributed by atoms with Crippen molar-refractivity contribution in [1.82, 2.24) is 0 Å². The fourth-order valence-corrected chi connectivity index (χ4v) is 12.7. The largest absolute Gasteiger partial charge is 0.402 e. The van der Waals surface area contributed by atoms with Crippen molar-refractivity contribution >= 4 is 14.1 Å². The van der Waals surface area contributed by atoms with Crippen molar-refractivity contribution in [2.75, 3.05) is 13.2 Å². The molecule has 0 amide bonds. The Kier molecular flexibility index (Phi) is 6.81. The third kappa shape index (κ3) is 3.68. The highest BCUT2D eigenvalue weighted by atomic mass is 28.4. The average Bonchev–Trinajstić information content (AvgIpc) is 3.10. The molecule has 0 radical (unpaired) electrons. The molecule has 4 nitrogen and oxygen atoms in total. The van der Waals surface area contributed by atoms with Crippen LogP contribution < -0.4 is 0 Å². The van der Waals surface area contributed by atoms with Gasteiger partial charge in [-0.05, 0) is 47.4 Å². The summed E-state index contributed by atoms with van der Waals surface area (Å²) in [6, 6.07) is 0. The quantitative estimate of drug-likeness (QED) is 0.369. The lowest BCUT2D eigenvalue weighted by atomic mass is 9.59. The van der Waals surface area contributed by atoms with Crippen molar-refractivity contribution in [2.45, 2.75) is 117 Å². The second-order valence-electron chi connectivity index (χ2n) is 11.3. The molecule has 1 aliphatic heterocycles. The molecule has 2 bridgehead atoms. The highest BCUT2D eigenvalue weighted by molar-refractivity contribution is 6.77. The molecule has 2 fully saturated rings. The number of ether oxygens (including phenoxy) is 2. The molecule has 2 aliphatic carbocycles. The Morgan fingerprint density at radius 1 is 0.967 bits per heavy atom. The first kappa shape index (κ1) is 24.2. The van der Waals surface area contributed by atoms with Gasteiger partial charge in [-0.1, -0.05) is 61.0 Å². The molecule has 3 rings (SSSR count). The minimum Gasteiger partial charge on any atom is -0.402 e. The molecule has 1 spiro atoms. The first-order valence-electron chi connectivity index (χ1n) is 12.1. The second kappa shape index (κ2) is 8.46. The maximum Gasteiger partial charge on any atom is 0.201 e. The maximum atomic E-state index is 13.7. The predicted molar refractivity (Wildman–Crippen MR) is 124 cm³/mol. The van der Waals surface area contributed by atoms with Gasteiger partial charge in [0.1, 0.15) is 6.10 Å². The number of hydrogen-bond acceptors (Lipinski definition) is 4. The molecular weight excluding hydrogens is 392 g/mol. The van der Waals surface area contributed by atoms with Gasteiger partial charge in [-0.25, -0.2) is 0 Å². The summed E-state index contributed by atoms with van der Waals surface area (Å²) in [5, 5.41) is 0. The predicted octanol–water partition coefficient (Wildman–Crippen LogP) is 6.41. The van der Waals surface area contributed by atoms with Crippen LogP contribution in [0.25, 0.3) is 0 Å². The number of allylic oxidation sites excluding steroid dienone is 1. The second-order valence-corrected chi connectivity index (χ2v) is 16.7. The Labute approximate surface area is 185 Å². The van der Waals surface area contributed by atoms with E-state index < -0.39 is 20.2 Å². The van der Waals surface area contributed by atoms with Gasteiger partial charge in [-0.2, -0.15) is 0 Å². The number of rotatable bonds is 5. The Hall–Kier alpha value is -0.493. The SMILES string of the molecule is CC1=C2C(O[Si](C(C)C)(C(C)C)C(C)C)C(=O)CCC3(OCCO3)C(CC1)C2(C)C. The zero-order chi connectivity index (χ0) is 22.5. The standard InChI is InChI=1S/C25H44O4Si/c1-16(2)30(17(3)4,18(5)6)29-23-20(26)12-13-25(27-14-15-28-25)21-11-10-19(7)22(23)24(21,8)9/h16-18,21,23H,10-15H2,1-9H3. The van der Waals surface area contributed by atoms with Crippen molar-refractivity contribution in [3.63, 3.8) is 0 Å². The van der Waals surface area contributed by atoms with Gasteiger partial charge in [0, 0.05) is 18.8 Å². The molecule has 1 saturated heterocycles. The van der Waals surface area contributed by atoms with Crippen LogP contribution in [0, 0.1) is 11.3 Å². The number of hydrogen-bond donors (Lipinski definition) is 0. The van der Waals surface area contributed by atoms with Crippen molar-refractivity contribution in [3.8, 4) is 0 Å². The summed E-state index contributed by atoms with van der Waals surface area (Å²) in [6.07, 6.45) is 2.73. The van der Waals surface area contributed by atoms with E-state index in [1.165, 1.54) is 11.1 Å². The lowest BCUT2D eigenvalue weighted by molar-refractivity contribution is -0.227. The van der Waals surface area contributed by atoms with E-state index in [4.69, 9.17) is 13.9 Å². The van der Waals surface area contributed by atoms with E-state index in [9.17, 15) is 4.79 Å². The van der Waals surface area contributed by atoms with E-state index in [1.807, 2.05) is 0 Å². The van der Waals surface area contributed by atoms with Gasteiger partial charge in [0.15, 0.2) is 11.6 Å². The smallest absolute Gasteiger partial charge is 0.201 e. The average molecular weight is 437 g/mol. The molecule has 1 heterocycles. The molecule has 0 aromatic heterocycles. The van der Waals surface area contributed by atoms with Crippen molar-refractivity contribution in [1.29, 1.82) is 0 Å². The summed E-state index contributed by atoms with van der Waals surface area (Å²) in [5.41, 5.74) is 3.72. The van der Waals surface area contributed by atoms with Crippen LogP contribution in [0.2, 0.25) is 16.6 Å². The fraction of sp³-hybridized carbons (Fsp3) is 0.880. The molecular formula is C25H44O4Si. The minimum atomic E-state index is -2.20. The Bertz CT molecular complexity index is 663. The van der Waals surface area contributed by atoms with Crippen molar-refractivity contribution < 1.29 is 18.7 Å². The third-order valence-electron chi connectivity index (χ3n) is 8.44. The Balaban J connectivity index is 2.11. The third-order valence-corrected chi connectivity index (χ3v) is 14.5. The summed E-state index contributed by atoms with van der Waals surface area (Å²) in [4.78, 5) is 13.7. The number of ketones is 1. The van der Waals surface area contributed by atoms with E-state index in [2.05, 4.69) is 62.3 Å². The van der Waals surface area contributed by atoms with Gasteiger partial charge >= 0.3 is 0 Å². The molecule has 2 atom stereocenters. The molecule has 5 heteroatoms. The van der Waals surface area contributed by atoms with Crippen LogP contribution in [-0.2, 0) is 18.7 Å². The summed E-state index contributed by atoms with van der Waals surface area (Å²) in [7, 11) is -2.20. The minimum absolute atomic E-state index is 0.196. The lowest BCUT2D eigenvalue weighted by Crippen LogP contribution is -2.57. The molecule has 2 unspecified atom stereocenters. The molecule has 0 aromatic rings. The normalized spacial score (nSPS) is 29.3. The van der Waals surface area contributed by atoms with Crippen LogP contribution in [-0.4, -0.2) is 39.2 Å². The fourth-order valence-electron chi connectivity index (χ4n) is 7.24. The Morgan fingerprint density at radius 2 is 1.50 bits per heavy atom. The van der Waals surface area contributed by atoms with Crippen molar-refractivity contribution in [2.24, 2.45) is 11.3 Å². The number of carbonyl (C=O) groups excluding carboxylic acids is 1. The van der Waals surface area contributed by atoms with E-state index in [0.29, 0.717) is 42.7 Å². The molecule has 1 saturated carbocycles. The van der Waals surface area contributed by atoms with Crippen molar-refractivity contribution in [3.05, 3.63) is 11.1 Å². The molecule has 0 aromatic carbocycles. The highest BCUT2D eigenvalue weighted by Gasteiger charge is 2.58. The van der Waals surface area contributed by atoms with E-state index >= 15 is 0 Å². The lowest BCUT2D eigenvalue weighted by Gasteiger charge is -2.54. The number of carbonyl (C=O) groups is 1. The first-order chi connectivity index (χ1) is 13.9. The van der Waals surface area contributed by atoms with Gasteiger partial charge < -0.3 is 13.9 Å². The van der Waals surface area contributed by atoms with E-state index in [-0.39, 0.29) is 17.1 Å². The van der Waals surface area contributed by atoms with E-state index in [1.54, 1.807) is 0 Å². The van der Waals surface area contributed by atoms with Gasteiger partial charge in [0.25, 0.3) is 0 Å². The van der Waals surface area contributed by atoms with E-state index in [0.717, 1.165) is 12.8 Å². The van der Waals surface area contributed by atoms with Gasteiger partial charge in [0.2, 0.25) is 8.32 Å². The molecule has 30 heavy (non-hydrogen) atoms. The van der Waals surface area contributed by atoms with Crippen LogP contribution >= 0.6 is 0 Å². The summed E-state index contributed by atoms with van der Waals surface area (Å²) >= 11 is 0. The van der Waals surface area contributed by atoms with Crippen LogP contribution in [0.1, 0.15) is 88.0 Å². The maximum absolute atomic E-state index is 13.7. The summed E-state index contributed by atoms with van der Waals surface area (Å²) < 4.78 is 19.7. The van der Waals surface area contributed by atoms with Crippen LogP contribution in [0.3, 0.4) is 0 Å². The Morgan fingerprint density at radius 3 is 2.00 bits per heavy atom. The molecule has 0 N–H and O–H groups in total. The summed E-state index contributed by atoms with van der Waals surface area (Å²) in [5.74, 6) is -0.146. The monoisotopic (exact) mass is 436 g/mol. The number of Topliss-reactive ketones (excluding diaryl/α,β-unsaturated/α-hetero) is 1. The topological polar surface area (TPSA) is 44.8 Å².